The molecule has 2 nitrogen and oxygen atoms in total. The van der Waals surface area contributed by atoms with Crippen LogP contribution in [0.15, 0.2) is 18.2 Å². The maximum Gasteiger partial charge on any atom is 0.122 e. The summed E-state index contributed by atoms with van der Waals surface area (Å²) < 4.78 is 5.92. The predicted octanol–water partition coefficient (Wildman–Crippen LogP) is 3.20. The molecular formula is C12H17Cl2NO. The molecule has 0 spiro atoms. The van der Waals surface area contributed by atoms with Crippen LogP contribution < -0.4 is 10.1 Å². The molecule has 1 atom stereocenters. The van der Waals surface area contributed by atoms with Crippen molar-refractivity contribution < 1.29 is 4.74 Å². The fourth-order valence-corrected chi connectivity index (χ4v) is 2.07. The van der Waals surface area contributed by atoms with Crippen LogP contribution in [-0.4, -0.2) is 19.2 Å². The Labute approximate surface area is 108 Å². The highest BCUT2D eigenvalue weighted by Gasteiger charge is 2.15. The van der Waals surface area contributed by atoms with Crippen molar-refractivity contribution in [3.8, 4) is 5.75 Å². The first kappa shape index (κ1) is 13.6. The van der Waals surface area contributed by atoms with Crippen LogP contribution >= 0.6 is 24.0 Å². The zero-order chi connectivity index (χ0) is 10.7. The maximum absolute atomic E-state index is 5.92. The SMILES string of the molecule is Cc1cc(Cl)ccc1OC1CCCNC1.Cl. The number of hydrogen-bond donors (Lipinski definition) is 1. The number of hydrogen-bond acceptors (Lipinski definition) is 2. The average Bonchev–Trinajstić information content (AvgIpc) is 2.24. The molecule has 0 amide bonds. The molecule has 16 heavy (non-hydrogen) atoms. The van der Waals surface area contributed by atoms with Gasteiger partial charge in [0.15, 0.2) is 0 Å². The molecule has 0 bridgehead atoms. The van der Waals surface area contributed by atoms with Gasteiger partial charge in [-0.2, -0.15) is 0 Å². The van der Waals surface area contributed by atoms with Gasteiger partial charge >= 0.3 is 0 Å². The summed E-state index contributed by atoms with van der Waals surface area (Å²) in [6, 6.07) is 5.76. The molecule has 0 radical (unpaired) electrons. The summed E-state index contributed by atoms with van der Waals surface area (Å²) in [5, 5.41) is 4.10. The molecule has 0 aromatic heterocycles. The third-order valence-corrected chi connectivity index (χ3v) is 2.92. The molecule has 1 saturated heterocycles. The van der Waals surface area contributed by atoms with Crippen molar-refractivity contribution in [3.05, 3.63) is 28.8 Å². The van der Waals surface area contributed by atoms with Gasteiger partial charge < -0.3 is 10.1 Å². The summed E-state index contributed by atoms with van der Waals surface area (Å²) in [5.41, 5.74) is 1.10. The van der Waals surface area contributed by atoms with Gasteiger partial charge in [0.1, 0.15) is 11.9 Å². The third-order valence-electron chi connectivity index (χ3n) is 2.68. The second-order valence-corrected chi connectivity index (χ2v) is 4.43. The molecule has 0 saturated carbocycles. The van der Waals surface area contributed by atoms with Crippen LogP contribution in [0.5, 0.6) is 5.75 Å². The lowest BCUT2D eigenvalue weighted by molar-refractivity contribution is 0.166. The fourth-order valence-electron chi connectivity index (χ4n) is 1.85. The van der Waals surface area contributed by atoms with Crippen molar-refractivity contribution in [2.75, 3.05) is 13.1 Å². The number of aryl methyl sites for hydroxylation is 1. The number of benzene rings is 1. The topological polar surface area (TPSA) is 21.3 Å². The molecular weight excluding hydrogens is 245 g/mol. The van der Waals surface area contributed by atoms with Gasteiger partial charge in [0.05, 0.1) is 0 Å². The molecule has 90 valence electrons. The van der Waals surface area contributed by atoms with Gasteiger partial charge in [0.25, 0.3) is 0 Å². The molecule has 1 aromatic rings. The highest BCUT2D eigenvalue weighted by Crippen LogP contribution is 2.23. The smallest absolute Gasteiger partial charge is 0.122 e. The minimum Gasteiger partial charge on any atom is -0.489 e. The van der Waals surface area contributed by atoms with Crippen molar-refractivity contribution >= 4 is 24.0 Å². The van der Waals surface area contributed by atoms with E-state index < -0.39 is 0 Å². The van der Waals surface area contributed by atoms with Gasteiger partial charge in [-0.15, -0.1) is 12.4 Å². The van der Waals surface area contributed by atoms with Crippen LogP contribution in [0.2, 0.25) is 5.02 Å². The summed E-state index contributed by atoms with van der Waals surface area (Å²) in [7, 11) is 0. The van der Waals surface area contributed by atoms with Crippen molar-refractivity contribution in [2.24, 2.45) is 0 Å². The Hall–Kier alpha value is -0.440. The monoisotopic (exact) mass is 261 g/mol. The molecule has 1 unspecified atom stereocenters. The number of halogens is 2. The van der Waals surface area contributed by atoms with Crippen molar-refractivity contribution in [3.63, 3.8) is 0 Å². The maximum atomic E-state index is 5.92. The van der Waals surface area contributed by atoms with Crippen molar-refractivity contribution in [1.82, 2.24) is 5.32 Å². The van der Waals surface area contributed by atoms with Crippen LogP contribution in [0.3, 0.4) is 0 Å². The highest BCUT2D eigenvalue weighted by atomic mass is 35.5. The first-order valence-electron chi connectivity index (χ1n) is 5.39. The van der Waals surface area contributed by atoms with Crippen molar-refractivity contribution in [1.29, 1.82) is 0 Å². The largest absolute Gasteiger partial charge is 0.489 e. The third kappa shape index (κ3) is 3.55. The summed E-state index contributed by atoms with van der Waals surface area (Å²) in [4.78, 5) is 0. The van der Waals surface area contributed by atoms with E-state index in [1.165, 1.54) is 6.42 Å². The number of piperidine rings is 1. The second-order valence-electron chi connectivity index (χ2n) is 4.00. The van der Waals surface area contributed by atoms with Crippen LogP contribution in [0.25, 0.3) is 0 Å². The van der Waals surface area contributed by atoms with Gasteiger partial charge in [-0.3, -0.25) is 0 Å². The van der Waals surface area contributed by atoms with Gasteiger partial charge in [-0.05, 0) is 50.1 Å². The van der Waals surface area contributed by atoms with E-state index in [1.807, 2.05) is 25.1 Å². The molecule has 1 N–H and O–H groups in total. The lowest BCUT2D eigenvalue weighted by Crippen LogP contribution is -2.37. The highest BCUT2D eigenvalue weighted by molar-refractivity contribution is 6.30. The van der Waals surface area contributed by atoms with Crippen molar-refractivity contribution in [2.45, 2.75) is 25.9 Å². The van der Waals surface area contributed by atoms with Gasteiger partial charge in [-0.25, -0.2) is 0 Å². The standard InChI is InChI=1S/C12H16ClNO.ClH/c1-9-7-10(13)4-5-12(9)15-11-3-2-6-14-8-11;/h4-5,7,11,14H,2-3,6,8H2,1H3;1H. The first-order valence-corrected chi connectivity index (χ1v) is 5.77. The minimum atomic E-state index is 0. The fraction of sp³-hybridized carbons (Fsp3) is 0.500. The lowest BCUT2D eigenvalue weighted by Gasteiger charge is -2.24. The predicted molar refractivity (Wildman–Crippen MR) is 70.0 cm³/mol. The summed E-state index contributed by atoms with van der Waals surface area (Å²) in [5.74, 6) is 0.952. The number of ether oxygens (including phenoxy) is 1. The van der Waals surface area contributed by atoms with E-state index in [9.17, 15) is 0 Å². The average molecular weight is 262 g/mol. The Bertz CT molecular complexity index is 338. The molecule has 1 fully saturated rings. The Balaban J connectivity index is 0.00000128. The van der Waals surface area contributed by atoms with E-state index in [-0.39, 0.29) is 12.4 Å². The lowest BCUT2D eigenvalue weighted by atomic mass is 10.1. The van der Waals surface area contributed by atoms with Crippen LogP contribution in [0, 0.1) is 6.92 Å². The number of rotatable bonds is 2. The molecule has 0 aliphatic carbocycles. The second kappa shape index (κ2) is 6.33. The Morgan fingerprint density at radius 3 is 2.88 bits per heavy atom. The zero-order valence-electron chi connectivity index (χ0n) is 9.33. The van der Waals surface area contributed by atoms with Crippen LogP contribution in [0.4, 0.5) is 0 Å². The van der Waals surface area contributed by atoms with E-state index in [2.05, 4.69) is 5.32 Å². The normalized spacial score (nSPS) is 20.0. The Kier molecular flexibility index (Phi) is 5.39. The Morgan fingerprint density at radius 1 is 1.44 bits per heavy atom. The Morgan fingerprint density at radius 2 is 2.25 bits per heavy atom. The number of nitrogens with one attached hydrogen (secondary N) is 1. The summed E-state index contributed by atoms with van der Waals surface area (Å²) in [6.07, 6.45) is 2.63. The van der Waals surface area contributed by atoms with Crippen LogP contribution in [0.1, 0.15) is 18.4 Å². The zero-order valence-corrected chi connectivity index (χ0v) is 10.9. The molecule has 1 aromatic carbocycles. The van der Waals surface area contributed by atoms with E-state index in [1.54, 1.807) is 0 Å². The van der Waals surface area contributed by atoms with Crippen LogP contribution in [-0.2, 0) is 0 Å². The minimum absolute atomic E-state index is 0. The van der Waals surface area contributed by atoms with Gasteiger partial charge in [0.2, 0.25) is 0 Å². The molecule has 1 aliphatic rings. The van der Waals surface area contributed by atoms with E-state index in [0.717, 1.165) is 35.8 Å². The molecule has 4 heteroatoms. The molecule has 2 rings (SSSR count). The first-order chi connectivity index (χ1) is 7.25. The summed E-state index contributed by atoms with van der Waals surface area (Å²) >= 11 is 5.89. The van der Waals surface area contributed by atoms with Gasteiger partial charge in [-0.1, -0.05) is 11.6 Å². The quantitative estimate of drug-likeness (QED) is 0.883. The van der Waals surface area contributed by atoms with E-state index in [0.29, 0.717) is 6.10 Å². The molecule has 1 heterocycles. The van der Waals surface area contributed by atoms with E-state index in [4.69, 9.17) is 16.3 Å². The van der Waals surface area contributed by atoms with E-state index >= 15 is 0 Å². The molecule has 1 aliphatic heterocycles. The van der Waals surface area contributed by atoms with Gasteiger partial charge in [0, 0.05) is 11.6 Å². The summed E-state index contributed by atoms with van der Waals surface area (Å²) in [6.45, 7) is 4.08.